The molecule has 0 atom stereocenters. The zero-order valence-electron chi connectivity index (χ0n) is 16.6. The normalized spacial score (nSPS) is 15.1. The molecule has 0 aliphatic heterocycles. The Hall–Kier alpha value is -2.62. The molecule has 0 aromatic heterocycles. The van der Waals surface area contributed by atoms with Crippen molar-refractivity contribution in [3.8, 4) is 0 Å². The first-order valence-corrected chi connectivity index (χ1v) is 9.44. The Balaban J connectivity index is 1.66. The van der Waals surface area contributed by atoms with Crippen LogP contribution >= 0.6 is 0 Å². The largest absolute Gasteiger partial charge is 0.340 e. The van der Waals surface area contributed by atoms with Gasteiger partial charge in [0.25, 0.3) is 0 Å². The fourth-order valence-corrected chi connectivity index (χ4v) is 3.26. The highest BCUT2D eigenvalue weighted by Gasteiger charge is 2.57. The topological polar surface area (TPSA) is 49.4 Å². The van der Waals surface area contributed by atoms with Crippen molar-refractivity contribution in [1.82, 2.24) is 4.90 Å². The summed E-state index contributed by atoms with van der Waals surface area (Å²) in [5.74, 6) is -0.300. The third-order valence-corrected chi connectivity index (χ3v) is 5.21. The first-order chi connectivity index (χ1) is 12.7. The van der Waals surface area contributed by atoms with Gasteiger partial charge in [-0.1, -0.05) is 63.2 Å². The van der Waals surface area contributed by atoms with E-state index in [1.54, 1.807) is 11.9 Å². The molecule has 4 heteroatoms. The molecule has 0 bridgehead atoms. The van der Waals surface area contributed by atoms with Crippen LogP contribution in [-0.2, 0) is 21.5 Å². The second-order valence-corrected chi connectivity index (χ2v) is 8.51. The molecule has 1 fully saturated rings. The molecule has 0 spiro atoms. The van der Waals surface area contributed by atoms with Crippen molar-refractivity contribution < 1.29 is 9.59 Å². The van der Waals surface area contributed by atoms with Gasteiger partial charge < -0.3 is 10.2 Å². The van der Waals surface area contributed by atoms with Crippen molar-refractivity contribution in [2.45, 2.75) is 45.6 Å². The van der Waals surface area contributed by atoms with E-state index in [2.05, 4.69) is 26.1 Å². The molecule has 0 heterocycles. The fourth-order valence-electron chi connectivity index (χ4n) is 3.26. The molecule has 0 saturated heterocycles. The first kappa shape index (κ1) is 19.2. The van der Waals surface area contributed by atoms with Crippen molar-refractivity contribution in [1.29, 1.82) is 0 Å². The molecule has 0 radical (unpaired) electrons. The number of hydrogen-bond donors (Lipinski definition) is 1. The van der Waals surface area contributed by atoms with Crippen molar-refractivity contribution >= 4 is 17.5 Å². The average molecular weight is 364 g/mol. The molecule has 142 valence electrons. The second-order valence-electron chi connectivity index (χ2n) is 8.51. The zero-order chi connectivity index (χ0) is 19.7. The second kappa shape index (κ2) is 7.18. The van der Waals surface area contributed by atoms with Crippen LogP contribution in [0.4, 0.5) is 5.69 Å². The van der Waals surface area contributed by atoms with Crippen molar-refractivity contribution in [3.63, 3.8) is 0 Å². The summed E-state index contributed by atoms with van der Waals surface area (Å²) in [6.45, 7) is 6.97. The molecule has 27 heavy (non-hydrogen) atoms. The van der Waals surface area contributed by atoms with Crippen LogP contribution in [0.15, 0.2) is 54.6 Å². The molecule has 3 rings (SSSR count). The Morgan fingerprint density at radius 3 is 2.11 bits per heavy atom. The van der Waals surface area contributed by atoms with Gasteiger partial charge >= 0.3 is 0 Å². The van der Waals surface area contributed by atoms with Gasteiger partial charge in [-0.2, -0.15) is 0 Å². The third kappa shape index (κ3) is 4.21. The lowest BCUT2D eigenvalue weighted by Crippen LogP contribution is -2.40. The van der Waals surface area contributed by atoms with E-state index in [1.165, 1.54) is 5.56 Å². The number of anilines is 1. The van der Waals surface area contributed by atoms with Crippen LogP contribution in [-0.4, -0.2) is 23.8 Å². The molecule has 1 aliphatic rings. The molecule has 4 nitrogen and oxygen atoms in total. The maximum Gasteiger partial charge on any atom is 0.240 e. The Morgan fingerprint density at radius 1 is 1.00 bits per heavy atom. The van der Waals surface area contributed by atoms with Crippen LogP contribution in [0.3, 0.4) is 0 Å². The van der Waals surface area contributed by atoms with Gasteiger partial charge in [0.2, 0.25) is 11.8 Å². The van der Waals surface area contributed by atoms with Crippen LogP contribution in [0.5, 0.6) is 0 Å². The van der Waals surface area contributed by atoms with Gasteiger partial charge in [0.1, 0.15) is 5.41 Å². The van der Waals surface area contributed by atoms with Crippen LogP contribution in [0.1, 0.15) is 44.7 Å². The Labute approximate surface area is 161 Å². The summed E-state index contributed by atoms with van der Waals surface area (Å²) in [6, 6.07) is 17.7. The maximum absolute atomic E-state index is 12.9. The highest BCUT2D eigenvalue weighted by Crippen LogP contribution is 2.48. The summed E-state index contributed by atoms with van der Waals surface area (Å²) in [7, 11) is 1.76. The summed E-state index contributed by atoms with van der Waals surface area (Å²) in [6.07, 6.45) is 1.22. The number of benzene rings is 2. The minimum atomic E-state index is -0.910. The Kier molecular flexibility index (Phi) is 5.09. The molecular weight excluding hydrogens is 336 g/mol. The smallest absolute Gasteiger partial charge is 0.240 e. The molecule has 1 N–H and O–H groups in total. The highest BCUT2D eigenvalue weighted by atomic mass is 16.2. The quantitative estimate of drug-likeness (QED) is 0.801. The average Bonchev–Trinajstić information content (AvgIpc) is 3.43. The summed E-state index contributed by atoms with van der Waals surface area (Å²) in [5.41, 5.74) is 2.16. The summed E-state index contributed by atoms with van der Waals surface area (Å²) in [5, 5.41) is 2.94. The van der Waals surface area contributed by atoms with Gasteiger partial charge in [0.15, 0.2) is 0 Å². The fraction of sp³-hybridized carbons (Fsp3) is 0.391. The maximum atomic E-state index is 12.9. The number of nitrogens with zero attached hydrogens (tertiary/aromatic N) is 1. The molecule has 2 amide bonds. The molecule has 2 aromatic carbocycles. The van der Waals surface area contributed by atoms with E-state index in [0.717, 1.165) is 11.3 Å². The van der Waals surface area contributed by atoms with Gasteiger partial charge in [0, 0.05) is 19.3 Å². The minimum absolute atomic E-state index is 0.0658. The lowest BCUT2D eigenvalue weighted by Gasteiger charge is -2.23. The number of carbonyl (C=O) groups is 2. The van der Waals surface area contributed by atoms with Gasteiger partial charge in [-0.3, -0.25) is 9.59 Å². The summed E-state index contributed by atoms with van der Waals surface area (Å²) >= 11 is 0. The third-order valence-electron chi connectivity index (χ3n) is 5.21. The predicted molar refractivity (Wildman–Crippen MR) is 108 cm³/mol. The van der Waals surface area contributed by atoms with E-state index in [1.807, 2.05) is 54.6 Å². The van der Waals surface area contributed by atoms with Gasteiger partial charge in [-0.05, 0) is 41.5 Å². The van der Waals surface area contributed by atoms with Crippen LogP contribution in [0.25, 0.3) is 0 Å². The molecule has 2 aromatic rings. The summed E-state index contributed by atoms with van der Waals surface area (Å²) < 4.78 is 0. The monoisotopic (exact) mass is 364 g/mol. The van der Waals surface area contributed by atoms with Crippen molar-refractivity contribution in [2.75, 3.05) is 12.4 Å². The minimum Gasteiger partial charge on any atom is -0.340 e. The van der Waals surface area contributed by atoms with Crippen LogP contribution in [0, 0.1) is 5.41 Å². The lowest BCUT2D eigenvalue weighted by atomic mass is 9.87. The Bertz CT molecular complexity index is 816. The zero-order valence-corrected chi connectivity index (χ0v) is 16.6. The van der Waals surface area contributed by atoms with E-state index in [9.17, 15) is 9.59 Å². The number of rotatable bonds is 5. The van der Waals surface area contributed by atoms with Crippen LogP contribution < -0.4 is 5.32 Å². The summed E-state index contributed by atoms with van der Waals surface area (Å²) in [4.78, 5) is 27.4. The van der Waals surface area contributed by atoms with Gasteiger partial charge in [0.05, 0.1) is 0 Å². The first-order valence-electron chi connectivity index (χ1n) is 9.44. The molecule has 1 aliphatic carbocycles. The molecule has 0 unspecified atom stereocenters. The number of hydrogen-bond acceptors (Lipinski definition) is 2. The van der Waals surface area contributed by atoms with Gasteiger partial charge in [-0.15, -0.1) is 0 Å². The van der Waals surface area contributed by atoms with Crippen molar-refractivity contribution in [2.24, 2.45) is 5.41 Å². The Morgan fingerprint density at radius 2 is 1.59 bits per heavy atom. The predicted octanol–water partition coefficient (Wildman–Crippen LogP) is 4.36. The number of carbonyl (C=O) groups excluding carboxylic acids is 2. The van der Waals surface area contributed by atoms with E-state index in [0.29, 0.717) is 19.4 Å². The van der Waals surface area contributed by atoms with E-state index >= 15 is 0 Å². The number of nitrogens with one attached hydrogen (secondary N) is 1. The van der Waals surface area contributed by atoms with Crippen LogP contribution in [0.2, 0.25) is 0 Å². The standard InChI is InChI=1S/C23H28N2O2/c1-22(2,3)18-10-12-19(13-11-18)24-20(26)23(14-15-23)21(27)25(4)16-17-8-6-5-7-9-17/h5-13H,14-16H2,1-4H3,(H,24,26). The molecular formula is C23H28N2O2. The van der Waals surface area contributed by atoms with E-state index in [-0.39, 0.29) is 17.2 Å². The van der Waals surface area contributed by atoms with Gasteiger partial charge in [-0.25, -0.2) is 0 Å². The highest BCUT2D eigenvalue weighted by molar-refractivity contribution is 6.12. The number of amides is 2. The van der Waals surface area contributed by atoms with E-state index in [4.69, 9.17) is 0 Å². The molecule has 1 saturated carbocycles. The van der Waals surface area contributed by atoms with E-state index < -0.39 is 5.41 Å². The van der Waals surface area contributed by atoms with Crippen molar-refractivity contribution in [3.05, 3.63) is 65.7 Å². The lowest BCUT2D eigenvalue weighted by molar-refractivity contribution is -0.141. The SMILES string of the molecule is CN(Cc1ccccc1)C(=O)C1(C(=O)Nc2ccc(C(C)(C)C)cc2)CC1.